The van der Waals surface area contributed by atoms with Gasteiger partial charge in [-0.3, -0.25) is 4.90 Å². The molecule has 5 nitrogen and oxygen atoms in total. The van der Waals surface area contributed by atoms with Crippen molar-refractivity contribution in [1.29, 1.82) is 0 Å². The van der Waals surface area contributed by atoms with Crippen LogP contribution in [0.1, 0.15) is 18.4 Å². The van der Waals surface area contributed by atoms with E-state index in [2.05, 4.69) is 21.6 Å². The highest BCUT2D eigenvalue weighted by Gasteiger charge is 2.20. The van der Waals surface area contributed by atoms with Crippen molar-refractivity contribution in [1.82, 2.24) is 10.2 Å². The number of carbonyl (C=O) groups excluding carboxylic acids is 1. The molecule has 1 fully saturated rings. The van der Waals surface area contributed by atoms with Crippen molar-refractivity contribution in [2.45, 2.75) is 19.4 Å². The van der Waals surface area contributed by atoms with Gasteiger partial charge in [-0.15, -0.1) is 12.4 Å². The van der Waals surface area contributed by atoms with E-state index in [1.54, 1.807) is 12.1 Å². The van der Waals surface area contributed by atoms with Gasteiger partial charge in [0.25, 0.3) is 0 Å². The minimum absolute atomic E-state index is 0. The van der Waals surface area contributed by atoms with Crippen molar-refractivity contribution in [2.75, 3.05) is 30.7 Å². The second kappa shape index (κ2) is 10.1. The number of hydrogen-bond acceptors (Lipinski definition) is 3. The predicted octanol–water partition coefficient (Wildman–Crippen LogP) is 3.86. The van der Waals surface area contributed by atoms with Crippen LogP contribution in [0.15, 0.2) is 48.5 Å². The molecule has 0 bridgehead atoms. The van der Waals surface area contributed by atoms with Crippen LogP contribution in [0.3, 0.4) is 0 Å². The molecule has 4 N–H and O–H groups in total. The van der Waals surface area contributed by atoms with Crippen LogP contribution in [-0.2, 0) is 6.54 Å². The molecule has 2 aromatic carbocycles. The Labute approximate surface area is 165 Å². The zero-order valence-corrected chi connectivity index (χ0v) is 16.0. The number of halogens is 2. The summed E-state index contributed by atoms with van der Waals surface area (Å²) in [5, 5.41) is 5.56. The van der Waals surface area contributed by atoms with Crippen LogP contribution < -0.4 is 16.4 Å². The first-order valence-corrected chi connectivity index (χ1v) is 8.96. The Morgan fingerprint density at radius 3 is 2.81 bits per heavy atom. The highest BCUT2D eigenvalue weighted by Crippen LogP contribution is 2.19. The first kappa shape index (κ1) is 21.0. The molecule has 3 rings (SSSR count). The molecule has 0 radical (unpaired) electrons. The maximum absolute atomic E-state index is 13.2. The Balaban J connectivity index is 0.00000261. The summed E-state index contributed by atoms with van der Waals surface area (Å²) in [6.45, 7) is 3.47. The number of nitrogens with zero attached hydrogens (tertiary/aromatic N) is 1. The van der Waals surface area contributed by atoms with Gasteiger partial charge >= 0.3 is 6.03 Å². The Morgan fingerprint density at radius 1 is 1.22 bits per heavy atom. The summed E-state index contributed by atoms with van der Waals surface area (Å²) in [6.07, 6.45) is 2.20. The highest BCUT2D eigenvalue weighted by molar-refractivity contribution is 5.89. The van der Waals surface area contributed by atoms with Gasteiger partial charge in [-0.25, -0.2) is 9.18 Å². The van der Waals surface area contributed by atoms with E-state index >= 15 is 0 Å². The number of hydrogen-bond donors (Lipinski definition) is 3. The summed E-state index contributed by atoms with van der Waals surface area (Å²) in [7, 11) is 0. The molecule has 0 aromatic heterocycles. The number of benzene rings is 2. The number of piperidine rings is 1. The summed E-state index contributed by atoms with van der Waals surface area (Å²) in [6, 6.07) is 13.5. The van der Waals surface area contributed by atoms with Crippen LogP contribution in [0.4, 0.5) is 20.6 Å². The smallest absolute Gasteiger partial charge is 0.319 e. The molecule has 0 aliphatic carbocycles. The lowest BCUT2D eigenvalue weighted by molar-refractivity contribution is 0.166. The van der Waals surface area contributed by atoms with E-state index in [9.17, 15) is 9.18 Å². The quantitative estimate of drug-likeness (QED) is 0.676. The molecule has 0 saturated carbocycles. The zero-order chi connectivity index (χ0) is 18.4. The average Bonchev–Trinajstić information content (AvgIpc) is 2.60. The number of rotatable bonds is 5. The largest absolute Gasteiger partial charge is 0.399 e. The van der Waals surface area contributed by atoms with Gasteiger partial charge in [-0.2, -0.15) is 0 Å². The molecule has 1 saturated heterocycles. The van der Waals surface area contributed by atoms with E-state index in [0.29, 0.717) is 18.2 Å². The zero-order valence-electron chi connectivity index (χ0n) is 15.2. The molecular weight excluding hydrogens is 367 g/mol. The minimum Gasteiger partial charge on any atom is -0.399 e. The molecule has 1 atom stereocenters. The number of nitrogens with two attached hydrogens (primary N) is 1. The topological polar surface area (TPSA) is 70.4 Å². The summed E-state index contributed by atoms with van der Waals surface area (Å²) in [5.41, 5.74) is 8.30. The van der Waals surface area contributed by atoms with Crippen molar-refractivity contribution in [3.63, 3.8) is 0 Å². The van der Waals surface area contributed by atoms with E-state index in [1.165, 1.54) is 17.7 Å². The summed E-state index contributed by atoms with van der Waals surface area (Å²) in [5.74, 6) is 0.0374. The Morgan fingerprint density at radius 2 is 2.04 bits per heavy atom. The lowest BCUT2D eigenvalue weighted by Crippen LogP contribution is -2.41. The standard InChI is InChI=1S/C20H25FN4O.ClH/c21-17-6-2-8-19(11-17)24-20(26)23-12-16-5-3-9-25(14-16)13-15-4-1-7-18(22)10-15;/h1-2,4,6-8,10-11,16H,3,5,9,12-14,22H2,(H2,23,24,26);1H. The van der Waals surface area contributed by atoms with Gasteiger partial charge in [-0.1, -0.05) is 18.2 Å². The molecule has 2 aromatic rings. The molecule has 0 spiro atoms. The fourth-order valence-corrected chi connectivity index (χ4v) is 3.39. The molecule has 1 unspecified atom stereocenters. The Bertz CT molecular complexity index is 758. The summed E-state index contributed by atoms with van der Waals surface area (Å²) >= 11 is 0. The lowest BCUT2D eigenvalue weighted by Gasteiger charge is -2.32. The first-order chi connectivity index (χ1) is 12.6. The molecule has 1 aliphatic heterocycles. The Kier molecular flexibility index (Phi) is 7.88. The van der Waals surface area contributed by atoms with E-state index in [1.807, 2.05) is 18.2 Å². The van der Waals surface area contributed by atoms with Gasteiger partial charge < -0.3 is 16.4 Å². The van der Waals surface area contributed by atoms with Crippen LogP contribution in [0, 0.1) is 11.7 Å². The lowest BCUT2D eigenvalue weighted by atomic mass is 9.97. The van der Waals surface area contributed by atoms with E-state index in [-0.39, 0.29) is 24.3 Å². The van der Waals surface area contributed by atoms with Crippen LogP contribution >= 0.6 is 12.4 Å². The van der Waals surface area contributed by atoms with Gasteiger partial charge in [0, 0.05) is 31.0 Å². The summed E-state index contributed by atoms with van der Waals surface area (Å²) in [4.78, 5) is 14.4. The normalized spacial score (nSPS) is 17.0. The van der Waals surface area contributed by atoms with Crippen molar-refractivity contribution in [3.05, 3.63) is 59.9 Å². The molecule has 1 aliphatic rings. The second-order valence-electron chi connectivity index (χ2n) is 6.83. The maximum Gasteiger partial charge on any atom is 0.319 e. The average molecular weight is 393 g/mol. The summed E-state index contributed by atoms with van der Waals surface area (Å²) < 4.78 is 13.2. The first-order valence-electron chi connectivity index (χ1n) is 8.96. The van der Waals surface area contributed by atoms with Gasteiger partial charge in [0.05, 0.1) is 0 Å². The molecular formula is C20H26ClFN4O. The molecule has 27 heavy (non-hydrogen) atoms. The fourth-order valence-electron chi connectivity index (χ4n) is 3.39. The van der Waals surface area contributed by atoms with Crippen LogP contribution in [0.2, 0.25) is 0 Å². The van der Waals surface area contributed by atoms with Gasteiger partial charge in [-0.05, 0) is 61.2 Å². The van der Waals surface area contributed by atoms with Crippen LogP contribution in [-0.4, -0.2) is 30.6 Å². The Hall–Kier alpha value is -2.31. The third-order valence-corrected chi connectivity index (χ3v) is 4.59. The van der Waals surface area contributed by atoms with Crippen molar-refractivity contribution in [3.8, 4) is 0 Å². The monoisotopic (exact) mass is 392 g/mol. The van der Waals surface area contributed by atoms with Crippen LogP contribution in [0.25, 0.3) is 0 Å². The molecule has 7 heteroatoms. The predicted molar refractivity (Wildman–Crippen MR) is 110 cm³/mol. The molecule has 1 heterocycles. The SMILES string of the molecule is Cl.Nc1cccc(CN2CCCC(CNC(=O)Nc3cccc(F)c3)C2)c1. The number of nitrogen functional groups attached to an aromatic ring is 1. The number of anilines is 2. The number of nitrogens with one attached hydrogen (secondary N) is 2. The van der Waals surface area contributed by atoms with Gasteiger partial charge in [0.15, 0.2) is 0 Å². The number of urea groups is 1. The van der Waals surface area contributed by atoms with Gasteiger partial charge in [0.2, 0.25) is 0 Å². The fraction of sp³-hybridized carbons (Fsp3) is 0.350. The maximum atomic E-state index is 13.2. The second-order valence-corrected chi connectivity index (χ2v) is 6.83. The van der Waals surface area contributed by atoms with E-state index < -0.39 is 0 Å². The molecule has 146 valence electrons. The highest BCUT2D eigenvalue weighted by atomic mass is 35.5. The molecule has 2 amide bonds. The van der Waals surface area contributed by atoms with Crippen molar-refractivity contribution < 1.29 is 9.18 Å². The number of carbonyl (C=O) groups is 1. The van der Waals surface area contributed by atoms with Gasteiger partial charge in [0.1, 0.15) is 5.82 Å². The van der Waals surface area contributed by atoms with Crippen LogP contribution in [0.5, 0.6) is 0 Å². The number of likely N-dealkylation sites (tertiary alicyclic amines) is 1. The number of amides is 2. The van der Waals surface area contributed by atoms with E-state index in [4.69, 9.17) is 5.73 Å². The van der Waals surface area contributed by atoms with Crippen molar-refractivity contribution in [2.24, 2.45) is 5.92 Å². The minimum atomic E-state index is -0.368. The van der Waals surface area contributed by atoms with E-state index in [0.717, 1.165) is 38.2 Å². The third kappa shape index (κ3) is 6.73. The van der Waals surface area contributed by atoms with Crippen molar-refractivity contribution >= 4 is 29.8 Å². The third-order valence-electron chi connectivity index (χ3n) is 4.59.